The molecule has 1 aromatic rings. The summed E-state index contributed by atoms with van der Waals surface area (Å²) in [5.41, 5.74) is 8.37. The van der Waals surface area contributed by atoms with Crippen molar-refractivity contribution in [3.05, 3.63) is 23.4 Å². The van der Waals surface area contributed by atoms with E-state index in [1.165, 1.54) is 24.0 Å². The van der Waals surface area contributed by atoms with Gasteiger partial charge >= 0.3 is 0 Å². The number of nitrogens with zero attached hydrogens (tertiary/aromatic N) is 2. The van der Waals surface area contributed by atoms with E-state index in [2.05, 4.69) is 31.7 Å². The van der Waals surface area contributed by atoms with Gasteiger partial charge in [0, 0.05) is 24.8 Å². The smallest absolute Gasteiger partial charge is 0.131 e. The molecule has 0 saturated heterocycles. The van der Waals surface area contributed by atoms with Gasteiger partial charge in [0.2, 0.25) is 0 Å². The van der Waals surface area contributed by atoms with E-state index in [9.17, 15) is 0 Å². The summed E-state index contributed by atoms with van der Waals surface area (Å²) in [5.74, 6) is 2.03. The molecule has 106 valence electrons. The molecule has 1 atom stereocenters. The minimum Gasteiger partial charge on any atom is -0.354 e. The molecule has 0 radical (unpaired) electrons. The molecule has 1 aromatic heterocycles. The van der Waals surface area contributed by atoms with Crippen molar-refractivity contribution in [2.45, 2.75) is 59.0 Å². The second-order valence-corrected chi connectivity index (χ2v) is 6.35. The highest BCUT2D eigenvalue weighted by atomic mass is 15.2. The maximum absolute atomic E-state index is 5.86. The third-order valence-corrected chi connectivity index (χ3v) is 3.71. The maximum Gasteiger partial charge on any atom is 0.131 e. The highest BCUT2D eigenvalue weighted by Gasteiger charge is 2.26. The molecular formula is C16H27N3. The molecule has 0 amide bonds. The molecule has 2 rings (SSSR count). The van der Waals surface area contributed by atoms with E-state index in [0.29, 0.717) is 6.04 Å². The Bertz CT molecular complexity index is 422. The average Bonchev–Trinajstić information content (AvgIpc) is 3.09. The molecule has 2 N–H and O–H groups in total. The zero-order chi connectivity index (χ0) is 14.0. The van der Waals surface area contributed by atoms with Gasteiger partial charge < -0.3 is 10.6 Å². The number of hydrogen-bond donors (Lipinski definition) is 1. The van der Waals surface area contributed by atoms with Crippen LogP contribution in [0.2, 0.25) is 0 Å². The van der Waals surface area contributed by atoms with Gasteiger partial charge in [-0.2, -0.15) is 0 Å². The van der Waals surface area contributed by atoms with E-state index >= 15 is 0 Å². The van der Waals surface area contributed by atoms with Gasteiger partial charge in [-0.25, -0.2) is 4.98 Å². The van der Waals surface area contributed by atoms with Gasteiger partial charge in [0.1, 0.15) is 5.82 Å². The normalized spacial score (nSPS) is 16.7. The summed E-state index contributed by atoms with van der Waals surface area (Å²) < 4.78 is 0. The molecule has 1 aliphatic rings. The van der Waals surface area contributed by atoms with Crippen molar-refractivity contribution in [3.8, 4) is 0 Å². The lowest BCUT2D eigenvalue weighted by Crippen LogP contribution is -2.34. The maximum atomic E-state index is 5.86. The van der Waals surface area contributed by atoms with Crippen LogP contribution in [0, 0.1) is 12.8 Å². The molecule has 1 heterocycles. The Morgan fingerprint density at radius 3 is 2.53 bits per heavy atom. The first kappa shape index (κ1) is 14.3. The monoisotopic (exact) mass is 261 g/mol. The molecule has 3 heteroatoms. The van der Waals surface area contributed by atoms with Crippen LogP contribution in [0.3, 0.4) is 0 Å². The van der Waals surface area contributed by atoms with Gasteiger partial charge in [0.05, 0.1) is 0 Å². The van der Waals surface area contributed by atoms with Crippen LogP contribution < -0.4 is 10.6 Å². The summed E-state index contributed by atoms with van der Waals surface area (Å²) in [4.78, 5) is 7.15. The van der Waals surface area contributed by atoms with Crippen LogP contribution in [0.4, 0.5) is 5.82 Å². The number of aryl methyl sites for hydroxylation is 1. The molecule has 1 saturated carbocycles. The van der Waals surface area contributed by atoms with Crippen molar-refractivity contribution >= 4 is 5.82 Å². The van der Waals surface area contributed by atoms with Crippen molar-refractivity contribution in [2.75, 3.05) is 11.4 Å². The lowest BCUT2D eigenvalue weighted by molar-refractivity contribution is 0.634. The molecule has 0 spiro atoms. The Kier molecular flexibility index (Phi) is 4.46. The molecule has 1 aliphatic carbocycles. The Morgan fingerprint density at radius 2 is 2.05 bits per heavy atom. The Morgan fingerprint density at radius 1 is 1.37 bits per heavy atom. The summed E-state index contributed by atoms with van der Waals surface area (Å²) in [6, 6.07) is 2.94. The fourth-order valence-electron chi connectivity index (χ4n) is 2.53. The molecule has 3 nitrogen and oxygen atoms in total. The summed E-state index contributed by atoms with van der Waals surface area (Å²) in [7, 11) is 0. The van der Waals surface area contributed by atoms with Crippen molar-refractivity contribution < 1.29 is 0 Å². The van der Waals surface area contributed by atoms with Crippen molar-refractivity contribution in [2.24, 2.45) is 11.7 Å². The van der Waals surface area contributed by atoms with E-state index in [4.69, 9.17) is 10.7 Å². The average molecular weight is 261 g/mol. The minimum absolute atomic E-state index is 0.194. The molecule has 1 unspecified atom stereocenters. The van der Waals surface area contributed by atoms with Gasteiger partial charge in [-0.3, -0.25) is 0 Å². The van der Waals surface area contributed by atoms with E-state index in [1.807, 2.05) is 13.1 Å². The van der Waals surface area contributed by atoms with Gasteiger partial charge in [0.25, 0.3) is 0 Å². The predicted molar refractivity (Wildman–Crippen MR) is 81.5 cm³/mol. The summed E-state index contributed by atoms with van der Waals surface area (Å²) in [6.07, 6.45) is 5.66. The molecule has 0 aliphatic heterocycles. The first-order valence-corrected chi connectivity index (χ1v) is 7.45. The quantitative estimate of drug-likeness (QED) is 0.856. The second kappa shape index (κ2) is 5.91. The van der Waals surface area contributed by atoms with Gasteiger partial charge in [-0.15, -0.1) is 0 Å². The van der Waals surface area contributed by atoms with E-state index in [-0.39, 0.29) is 6.04 Å². The Hall–Kier alpha value is -1.09. The molecular weight excluding hydrogens is 234 g/mol. The Labute approximate surface area is 117 Å². The number of pyridine rings is 1. The molecule has 0 bridgehead atoms. The highest BCUT2D eigenvalue weighted by Crippen LogP contribution is 2.32. The fourth-order valence-corrected chi connectivity index (χ4v) is 2.53. The topological polar surface area (TPSA) is 42.1 Å². The van der Waals surface area contributed by atoms with Gasteiger partial charge in [0.15, 0.2) is 0 Å². The van der Waals surface area contributed by atoms with E-state index in [1.54, 1.807) is 0 Å². The Balaban J connectivity index is 2.17. The second-order valence-electron chi connectivity index (χ2n) is 6.35. The lowest BCUT2D eigenvalue weighted by Gasteiger charge is -2.29. The third-order valence-electron chi connectivity index (χ3n) is 3.71. The lowest BCUT2D eigenvalue weighted by atomic mass is 10.1. The SMILES string of the molecule is Cc1cc(CC(C)N)cnc1N(CC1CC1)C(C)C. The first-order chi connectivity index (χ1) is 8.97. The third kappa shape index (κ3) is 3.93. The highest BCUT2D eigenvalue weighted by molar-refractivity contribution is 5.48. The van der Waals surface area contributed by atoms with E-state index in [0.717, 1.165) is 24.7 Å². The van der Waals surface area contributed by atoms with Gasteiger partial charge in [-0.05, 0) is 64.0 Å². The summed E-state index contributed by atoms with van der Waals surface area (Å²) >= 11 is 0. The standard InChI is InChI=1S/C16H27N3/c1-11(2)19(10-14-5-6-14)16-12(3)7-15(9-18-16)8-13(4)17/h7,9,11,13-14H,5-6,8,10,17H2,1-4H3. The molecule has 19 heavy (non-hydrogen) atoms. The largest absolute Gasteiger partial charge is 0.354 e. The zero-order valence-electron chi connectivity index (χ0n) is 12.7. The number of aromatic nitrogens is 1. The van der Waals surface area contributed by atoms with Crippen LogP contribution in [0.5, 0.6) is 0 Å². The van der Waals surface area contributed by atoms with Gasteiger partial charge in [-0.1, -0.05) is 6.07 Å². The summed E-state index contributed by atoms with van der Waals surface area (Å²) in [6.45, 7) is 9.85. The van der Waals surface area contributed by atoms with Crippen molar-refractivity contribution in [1.82, 2.24) is 4.98 Å². The van der Waals surface area contributed by atoms with Crippen molar-refractivity contribution in [3.63, 3.8) is 0 Å². The van der Waals surface area contributed by atoms with Crippen LogP contribution in [0.25, 0.3) is 0 Å². The fraction of sp³-hybridized carbons (Fsp3) is 0.688. The molecule has 0 aromatic carbocycles. The molecule has 1 fully saturated rings. The van der Waals surface area contributed by atoms with E-state index < -0.39 is 0 Å². The van der Waals surface area contributed by atoms with Crippen LogP contribution in [-0.2, 0) is 6.42 Å². The summed E-state index contributed by atoms with van der Waals surface area (Å²) in [5, 5.41) is 0. The van der Waals surface area contributed by atoms with Crippen LogP contribution in [0.1, 0.15) is 44.7 Å². The number of anilines is 1. The van der Waals surface area contributed by atoms with Crippen LogP contribution in [0.15, 0.2) is 12.3 Å². The zero-order valence-corrected chi connectivity index (χ0v) is 12.7. The predicted octanol–water partition coefficient (Wildman–Crippen LogP) is 2.90. The van der Waals surface area contributed by atoms with Crippen molar-refractivity contribution in [1.29, 1.82) is 0 Å². The first-order valence-electron chi connectivity index (χ1n) is 7.45. The number of hydrogen-bond acceptors (Lipinski definition) is 3. The van der Waals surface area contributed by atoms with Crippen LogP contribution >= 0.6 is 0 Å². The number of nitrogens with two attached hydrogens (primary N) is 1. The number of rotatable bonds is 6. The van der Waals surface area contributed by atoms with Crippen LogP contribution in [-0.4, -0.2) is 23.6 Å². The minimum atomic E-state index is 0.194.